The van der Waals surface area contributed by atoms with Crippen LogP contribution < -0.4 is 11.2 Å². The Morgan fingerprint density at radius 1 is 1.30 bits per heavy atom. The summed E-state index contributed by atoms with van der Waals surface area (Å²) in [5, 5.41) is 10.7. The second-order valence-corrected chi connectivity index (χ2v) is 4.27. The molecule has 7 nitrogen and oxygen atoms in total. The van der Waals surface area contributed by atoms with Crippen molar-refractivity contribution in [2.45, 2.75) is 6.92 Å². The molecule has 2 N–H and O–H groups in total. The number of fused-ring (bicyclic) bond motifs is 1. The molecule has 100 valence electrons. The molecule has 1 aromatic carbocycles. The molecule has 7 heteroatoms. The van der Waals surface area contributed by atoms with E-state index >= 15 is 0 Å². The highest BCUT2D eigenvalue weighted by molar-refractivity contribution is 5.98. The van der Waals surface area contributed by atoms with Gasteiger partial charge in [0.25, 0.3) is 5.56 Å². The Labute approximate surface area is 112 Å². The van der Waals surface area contributed by atoms with E-state index in [4.69, 9.17) is 0 Å². The maximum Gasteiger partial charge on any atom is 0.365 e. The summed E-state index contributed by atoms with van der Waals surface area (Å²) in [6.45, 7) is 1.51. The summed E-state index contributed by atoms with van der Waals surface area (Å²) in [6, 6.07) is 7.69. The van der Waals surface area contributed by atoms with Gasteiger partial charge in [0.1, 0.15) is 5.69 Å². The normalized spacial score (nSPS) is 11.4. The van der Waals surface area contributed by atoms with Crippen molar-refractivity contribution in [3.8, 4) is 0 Å². The third-order valence-corrected chi connectivity index (χ3v) is 2.95. The number of benzene rings is 1. The minimum atomic E-state index is -0.670. The van der Waals surface area contributed by atoms with Crippen molar-refractivity contribution in [3.05, 3.63) is 62.6 Å². The van der Waals surface area contributed by atoms with Crippen molar-refractivity contribution in [3.63, 3.8) is 0 Å². The number of aromatic amines is 2. The predicted octanol–water partition coefficient (Wildman–Crippen LogP) is 0.604. The molecular weight excluding hydrogens is 258 g/mol. The smallest absolute Gasteiger partial charge is 0.361 e. The Hall–Kier alpha value is -2.96. The summed E-state index contributed by atoms with van der Waals surface area (Å²) in [7, 11) is 0. The van der Waals surface area contributed by atoms with E-state index in [0.717, 1.165) is 21.1 Å². The van der Waals surface area contributed by atoms with Crippen LogP contribution in [0.4, 0.5) is 0 Å². The highest BCUT2D eigenvalue weighted by Gasteiger charge is 2.04. The highest BCUT2D eigenvalue weighted by Crippen LogP contribution is 2.15. The van der Waals surface area contributed by atoms with Crippen LogP contribution in [-0.2, 0) is 0 Å². The molecule has 3 rings (SSSR count). The molecule has 0 bridgehead atoms. The number of hydrogen-bond acceptors (Lipinski definition) is 4. The van der Waals surface area contributed by atoms with E-state index in [1.807, 2.05) is 24.3 Å². The number of aryl methyl sites for hydroxylation is 1. The van der Waals surface area contributed by atoms with Crippen molar-refractivity contribution >= 4 is 17.1 Å². The molecule has 20 heavy (non-hydrogen) atoms. The monoisotopic (exact) mass is 269 g/mol. The first-order valence-corrected chi connectivity index (χ1v) is 5.95. The average molecular weight is 269 g/mol. The van der Waals surface area contributed by atoms with E-state index in [1.165, 1.54) is 13.1 Å². The first-order valence-electron chi connectivity index (χ1n) is 5.95. The number of nitrogens with one attached hydrogen (secondary N) is 2. The van der Waals surface area contributed by atoms with Crippen LogP contribution in [0.15, 0.2) is 45.2 Å². The van der Waals surface area contributed by atoms with Crippen molar-refractivity contribution in [2.24, 2.45) is 5.10 Å². The van der Waals surface area contributed by atoms with E-state index < -0.39 is 11.2 Å². The molecule has 0 amide bonds. The van der Waals surface area contributed by atoms with E-state index in [-0.39, 0.29) is 5.69 Å². The number of aromatic nitrogens is 4. The third kappa shape index (κ3) is 1.95. The second-order valence-electron chi connectivity index (χ2n) is 4.27. The van der Waals surface area contributed by atoms with Gasteiger partial charge >= 0.3 is 5.69 Å². The average Bonchev–Trinajstić information content (AvgIpc) is 2.87. The minimum absolute atomic E-state index is 0.181. The predicted molar refractivity (Wildman–Crippen MR) is 75.1 cm³/mol. The highest BCUT2D eigenvalue weighted by atomic mass is 16.2. The van der Waals surface area contributed by atoms with Gasteiger partial charge in [-0.2, -0.15) is 10.2 Å². The lowest BCUT2D eigenvalue weighted by Gasteiger charge is -1.96. The molecule has 0 saturated heterocycles. The Morgan fingerprint density at radius 3 is 2.95 bits per heavy atom. The van der Waals surface area contributed by atoms with Crippen LogP contribution >= 0.6 is 0 Å². The molecule has 2 heterocycles. The second kappa shape index (κ2) is 4.61. The van der Waals surface area contributed by atoms with Crippen molar-refractivity contribution in [1.29, 1.82) is 0 Å². The van der Waals surface area contributed by atoms with Gasteiger partial charge in [0.2, 0.25) is 0 Å². The van der Waals surface area contributed by atoms with Gasteiger partial charge in [0.05, 0.1) is 6.21 Å². The maximum atomic E-state index is 11.8. The van der Waals surface area contributed by atoms with E-state index in [9.17, 15) is 9.59 Å². The van der Waals surface area contributed by atoms with Gasteiger partial charge in [-0.25, -0.2) is 9.89 Å². The molecule has 3 aromatic rings. The standard InChI is InChI=1S/C13H11N5O2/c1-8-12(19)18(13(20)17-16-8)15-7-9-6-14-11-5-3-2-4-10(9)11/h2-7,14H,1H3,(H,17,20). The lowest BCUT2D eigenvalue weighted by atomic mass is 10.2. The lowest BCUT2D eigenvalue weighted by Crippen LogP contribution is -2.35. The zero-order valence-electron chi connectivity index (χ0n) is 10.6. The Kier molecular flexibility index (Phi) is 2.79. The van der Waals surface area contributed by atoms with Gasteiger partial charge in [-0.05, 0) is 13.0 Å². The maximum absolute atomic E-state index is 11.8. The number of nitrogens with zero attached hydrogens (tertiary/aromatic N) is 3. The Balaban J connectivity index is 2.10. The van der Waals surface area contributed by atoms with Gasteiger partial charge < -0.3 is 4.98 Å². The van der Waals surface area contributed by atoms with Gasteiger partial charge in [-0.3, -0.25) is 4.79 Å². The molecule has 0 radical (unpaired) electrons. The van der Waals surface area contributed by atoms with Crippen molar-refractivity contribution in [2.75, 3.05) is 0 Å². The summed E-state index contributed by atoms with van der Waals surface area (Å²) in [5.74, 6) is 0. The fraction of sp³-hybridized carbons (Fsp3) is 0.0769. The van der Waals surface area contributed by atoms with Crippen molar-refractivity contribution < 1.29 is 0 Å². The number of rotatable bonds is 2. The van der Waals surface area contributed by atoms with Crippen LogP contribution in [0.2, 0.25) is 0 Å². The molecule has 0 atom stereocenters. The Bertz CT molecular complexity index is 916. The summed E-state index contributed by atoms with van der Waals surface area (Å²) < 4.78 is 0.754. The van der Waals surface area contributed by atoms with Crippen LogP contribution in [0.25, 0.3) is 10.9 Å². The molecule has 0 saturated carbocycles. The number of para-hydroxylation sites is 1. The lowest BCUT2D eigenvalue weighted by molar-refractivity contribution is 0.694. The fourth-order valence-corrected chi connectivity index (χ4v) is 1.90. The quantitative estimate of drug-likeness (QED) is 0.667. The van der Waals surface area contributed by atoms with Crippen molar-refractivity contribution in [1.82, 2.24) is 19.9 Å². The first kappa shape index (κ1) is 12.1. The zero-order valence-corrected chi connectivity index (χ0v) is 10.6. The summed E-state index contributed by atoms with van der Waals surface area (Å²) in [6.07, 6.45) is 3.23. The topological polar surface area (TPSA) is 95.9 Å². The van der Waals surface area contributed by atoms with E-state index in [2.05, 4.69) is 20.3 Å². The molecule has 2 aromatic heterocycles. The summed E-state index contributed by atoms with van der Waals surface area (Å²) in [5.41, 5.74) is 0.727. The third-order valence-electron chi connectivity index (χ3n) is 2.95. The SMILES string of the molecule is Cc1n[nH]c(=O)n(N=Cc2c[nH]c3ccccc23)c1=O. The molecular formula is C13H11N5O2. The van der Waals surface area contributed by atoms with Gasteiger partial charge in [-0.1, -0.05) is 18.2 Å². The minimum Gasteiger partial charge on any atom is -0.361 e. The molecule has 0 fully saturated rings. The van der Waals surface area contributed by atoms with Gasteiger partial charge in [-0.15, -0.1) is 4.68 Å². The number of hydrogen-bond donors (Lipinski definition) is 2. The van der Waals surface area contributed by atoms with Gasteiger partial charge in [0.15, 0.2) is 0 Å². The van der Waals surface area contributed by atoms with Crippen LogP contribution in [0.5, 0.6) is 0 Å². The summed E-state index contributed by atoms with van der Waals surface area (Å²) >= 11 is 0. The van der Waals surface area contributed by atoms with Crippen LogP contribution in [0.3, 0.4) is 0 Å². The van der Waals surface area contributed by atoms with Gasteiger partial charge in [0, 0.05) is 22.7 Å². The number of H-pyrrole nitrogens is 2. The molecule has 0 aliphatic rings. The summed E-state index contributed by atoms with van der Waals surface area (Å²) in [4.78, 5) is 26.4. The largest absolute Gasteiger partial charge is 0.365 e. The first-order chi connectivity index (χ1) is 9.66. The van der Waals surface area contributed by atoms with Crippen LogP contribution in [0, 0.1) is 6.92 Å². The Morgan fingerprint density at radius 2 is 2.10 bits per heavy atom. The van der Waals surface area contributed by atoms with E-state index in [1.54, 1.807) is 6.20 Å². The van der Waals surface area contributed by atoms with Crippen LogP contribution in [0.1, 0.15) is 11.3 Å². The zero-order chi connectivity index (χ0) is 14.1. The molecule has 0 aliphatic heterocycles. The molecule has 0 aliphatic carbocycles. The molecule has 0 unspecified atom stereocenters. The fourth-order valence-electron chi connectivity index (χ4n) is 1.90. The molecule has 0 spiro atoms. The van der Waals surface area contributed by atoms with E-state index in [0.29, 0.717) is 0 Å². The van der Waals surface area contributed by atoms with Crippen LogP contribution in [-0.4, -0.2) is 26.1 Å².